The van der Waals surface area contributed by atoms with Gasteiger partial charge in [0, 0.05) is 18.4 Å². The first-order valence-corrected chi connectivity index (χ1v) is 13.5. The van der Waals surface area contributed by atoms with Crippen molar-refractivity contribution < 1.29 is 47.7 Å². The Labute approximate surface area is 218 Å². The number of nitrogens with zero attached hydrogens (tertiary/aromatic N) is 1. The predicted octanol–water partition coefficient (Wildman–Crippen LogP) is 3.17. The Morgan fingerprint density at radius 1 is 1.11 bits per heavy atom. The smallest absolute Gasteiger partial charge is 0.408 e. The van der Waals surface area contributed by atoms with Crippen LogP contribution >= 0.6 is 7.37 Å². The summed E-state index contributed by atoms with van der Waals surface area (Å²) in [5, 5.41) is 13.8. The molecule has 0 heterocycles. The molecule has 14 heteroatoms. The van der Waals surface area contributed by atoms with E-state index in [9.17, 15) is 34.0 Å². The number of hydrogen-bond donors (Lipinski definition) is 2. The van der Waals surface area contributed by atoms with Gasteiger partial charge in [0.2, 0.25) is 7.37 Å². The topological polar surface area (TPSA) is 181 Å². The van der Waals surface area contributed by atoms with Crippen molar-refractivity contribution in [3.63, 3.8) is 0 Å². The fourth-order valence-electron chi connectivity index (χ4n) is 3.26. The lowest BCUT2D eigenvalue weighted by molar-refractivity contribution is -0.385. The van der Waals surface area contributed by atoms with Gasteiger partial charge in [0.1, 0.15) is 12.6 Å². The Kier molecular flexibility index (Phi) is 11.7. The van der Waals surface area contributed by atoms with Crippen molar-refractivity contribution in [1.29, 1.82) is 0 Å². The van der Waals surface area contributed by atoms with E-state index in [1.165, 1.54) is 12.1 Å². The Hall–Kier alpha value is -3.96. The van der Waals surface area contributed by atoms with Gasteiger partial charge >= 0.3 is 23.7 Å². The highest BCUT2D eigenvalue weighted by Gasteiger charge is 2.28. The summed E-state index contributed by atoms with van der Waals surface area (Å²) in [6.07, 6.45) is -2.01. The Balaban J connectivity index is 2.00. The number of methoxy groups -OCH3 is 1. The molecule has 2 aromatic rings. The van der Waals surface area contributed by atoms with Crippen LogP contribution < -0.4 is 10.1 Å². The number of benzene rings is 2. The molecule has 0 aliphatic heterocycles. The third-order valence-corrected chi connectivity index (χ3v) is 6.87. The lowest BCUT2D eigenvalue weighted by atomic mass is 10.2. The number of nitrogens with one attached hydrogen (secondary N) is 1. The third-order valence-electron chi connectivity index (χ3n) is 5.06. The zero-order chi connectivity index (χ0) is 28.1. The van der Waals surface area contributed by atoms with Crippen molar-refractivity contribution in [1.82, 2.24) is 5.32 Å². The van der Waals surface area contributed by atoms with Crippen LogP contribution in [0.2, 0.25) is 0 Å². The Morgan fingerprint density at radius 3 is 2.45 bits per heavy atom. The molecule has 2 unspecified atom stereocenters. The van der Waals surface area contributed by atoms with Gasteiger partial charge in [0.25, 0.3) is 0 Å². The number of carbonyl (C=O) groups excluding carboxylic acids is 3. The number of nitro benzene ring substituents is 1. The van der Waals surface area contributed by atoms with Gasteiger partial charge in [-0.3, -0.25) is 14.7 Å². The number of hydrogen-bond acceptors (Lipinski definition) is 10. The van der Waals surface area contributed by atoms with E-state index in [4.69, 9.17) is 14.2 Å². The van der Waals surface area contributed by atoms with E-state index in [1.54, 1.807) is 37.3 Å². The zero-order valence-corrected chi connectivity index (χ0v) is 21.8. The summed E-state index contributed by atoms with van der Waals surface area (Å²) in [4.78, 5) is 56.9. The fraction of sp³-hybridized carbons (Fsp3) is 0.375. The van der Waals surface area contributed by atoms with E-state index in [1.807, 2.05) is 0 Å². The van der Waals surface area contributed by atoms with E-state index >= 15 is 0 Å². The van der Waals surface area contributed by atoms with Crippen LogP contribution in [0.25, 0.3) is 0 Å². The molecule has 0 saturated heterocycles. The molecule has 0 radical (unpaired) electrons. The predicted molar refractivity (Wildman–Crippen MR) is 134 cm³/mol. The number of rotatable bonds is 14. The maximum absolute atomic E-state index is 12.8. The second-order valence-corrected chi connectivity index (χ2v) is 10.4. The summed E-state index contributed by atoms with van der Waals surface area (Å²) >= 11 is 0. The molecule has 0 bridgehead atoms. The maximum Gasteiger partial charge on any atom is 0.408 e. The van der Waals surface area contributed by atoms with E-state index in [0.29, 0.717) is 0 Å². The quantitative estimate of drug-likeness (QED) is 0.115. The van der Waals surface area contributed by atoms with E-state index < -0.39 is 61.0 Å². The molecule has 0 aromatic heterocycles. The molecular weight excluding hydrogens is 523 g/mol. The minimum Gasteiger partial charge on any atom is -0.475 e. The van der Waals surface area contributed by atoms with Gasteiger partial charge in [-0.05, 0) is 30.5 Å². The molecule has 0 aliphatic rings. The highest BCUT2D eigenvalue weighted by Crippen LogP contribution is 2.46. The minimum absolute atomic E-state index is 0.0443. The van der Waals surface area contributed by atoms with Crippen LogP contribution in [0.3, 0.4) is 0 Å². The van der Waals surface area contributed by atoms with Gasteiger partial charge in [-0.25, -0.2) is 14.4 Å². The maximum atomic E-state index is 12.8. The first-order chi connectivity index (χ1) is 18.0. The van der Waals surface area contributed by atoms with Crippen LogP contribution in [-0.2, 0) is 41.1 Å². The third kappa shape index (κ3) is 10.2. The van der Waals surface area contributed by atoms with Gasteiger partial charge in [0.05, 0.1) is 18.6 Å². The summed E-state index contributed by atoms with van der Waals surface area (Å²) < 4.78 is 32.5. The Bertz CT molecular complexity index is 1170. The highest BCUT2D eigenvalue weighted by molar-refractivity contribution is 7.57. The summed E-state index contributed by atoms with van der Waals surface area (Å²) in [5.41, 5.74) is 0.390. The fourth-order valence-corrected chi connectivity index (χ4v) is 4.85. The second-order valence-electron chi connectivity index (χ2n) is 7.95. The van der Waals surface area contributed by atoms with Gasteiger partial charge in [-0.15, -0.1) is 0 Å². The molecule has 0 saturated carbocycles. The molecular formula is C24H29N2O11P. The van der Waals surface area contributed by atoms with Crippen LogP contribution in [-0.4, -0.2) is 60.4 Å². The second kappa shape index (κ2) is 14.7. The van der Waals surface area contributed by atoms with E-state index in [-0.39, 0.29) is 30.9 Å². The molecule has 2 aromatic carbocycles. The van der Waals surface area contributed by atoms with Crippen molar-refractivity contribution in [2.75, 3.05) is 26.5 Å². The lowest BCUT2D eigenvalue weighted by Crippen LogP contribution is -2.42. The molecule has 206 valence electrons. The molecule has 13 nitrogen and oxygen atoms in total. The van der Waals surface area contributed by atoms with Gasteiger partial charge in [0.15, 0.2) is 12.4 Å². The van der Waals surface area contributed by atoms with Crippen LogP contribution in [0.5, 0.6) is 5.75 Å². The standard InChI is InChI=1S/C24H29N2O11P/c1-3-35-22(27)15-36-21-10-9-18(13-20(21)26(30)31)16-38(32,33)12-11-19(23(28)34-2)25-24(29)37-14-17-7-5-4-6-8-17/h4-10,13,19H,3,11-12,14-16H2,1-2H3,(H,25,29)(H,32,33). The van der Waals surface area contributed by atoms with E-state index in [2.05, 4.69) is 10.1 Å². The van der Waals surface area contributed by atoms with Crippen molar-refractivity contribution in [2.24, 2.45) is 0 Å². The van der Waals surface area contributed by atoms with E-state index in [0.717, 1.165) is 18.7 Å². The Morgan fingerprint density at radius 2 is 1.82 bits per heavy atom. The number of esters is 2. The molecule has 2 N–H and O–H groups in total. The zero-order valence-electron chi connectivity index (χ0n) is 20.9. The number of ether oxygens (including phenoxy) is 4. The summed E-state index contributed by atoms with van der Waals surface area (Å²) in [6, 6.07) is 11.2. The molecule has 38 heavy (non-hydrogen) atoms. The van der Waals surface area contributed by atoms with Crippen molar-refractivity contribution >= 4 is 31.1 Å². The monoisotopic (exact) mass is 552 g/mol. The highest BCUT2D eigenvalue weighted by atomic mass is 31.2. The lowest BCUT2D eigenvalue weighted by Gasteiger charge is -2.18. The molecule has 1 amide bonds. The number of carbonyl (C=O) groups is 3. The molecule has 0 aliphatic carbocycles. The van der Waals surface area contributed by atoms with Crippen LogP contribution in [0, 0.1) is 10.1 Å². The van der Waals surface area contributed by atoms with Crippen LogP contribution in [0.15, 0.2) is 48.5 Å². The molecule has 2 rings (SSSR count). The SMILES string of the molecule is CCOC(=O)COc1ccc(CP(=O)(O)CCC(NC(=O)OCc2ccccc2)C(=O)OC)cc1[N+](=O)[O-]. The first-order valence-electron chi connectivity index (χ1n) is 11.5. The molecule has 0 fully saturated rings. The molecule has 2 atom stereocenters. The average molecular weight is 552 g/mol. The number of alkyl carbamates (subject to hydrolysis) is 1. The normalized spacial score (nSPS) is 12.9. The van der Waals surface area contributed by atoms with Crippen LogP contribution in [0.4, 0.5) is 10.5 Å². The summed E-state index contributed by atoms with van der Waals surface area (Å²) in [5.74, 6) is -1.74. The first kappa shape index (κ1) is 30.3. The van der Waals surface area contributed by atoms with Crippen LogP contribution in [0.1, 0.15) is 24.5 Å². The summed E-state index contributed by atoms with van der Waals surface area (Å²) in [7, 11) is -2.86. The van der Waals surface area contributed by atoms with Gasteiger partial charge in [-0.2, -0.15) is 0 Å². The molecule has 0 spiro atoms. The van der Waals surface area contributed by atoms with Crippen molar-refractivity contribution in [3.8, 4) is 5.75 Å². The van der Waals surface area contributed by atoms with Gasteiger partial charge in [-0.1, -0.05) is 36.4 Å². The number of amides is 1. The summed E-state index contributed by atoms with van der Waals surface area (Å²) in [6.45, 7) is 1.14. The van der Waals surface area contributed by atoms with Crippen molar-refractivity contribution in [2.45, 2.75) is 32.2 Å². The number of nitro groups is 1. The minimum atomic E-state index is -3.97. The average Bonchev–Trinajstić information content (AvgIpc) is 2.89. The van der Waals surface area contributed by atoms with Crippen molar-refractivity contribution in [3.05, 3.63) is 69.8 Å². The largest absolute Gasteiger partial charge is 0.475 e. The van der Waals surface area contributed by atoms with Gasteiger partial charge < -0.3 is 29.2 Å².